The summed E-state index contributed by atoms with van der Waals surface area (Å²) in [6, 6.07) is 12.9. The number of halogens is 6. The molecule has 0 amide bonds. The Morgan fingerprint density at radius 2 is 0.606 bits per heavy atom. The molecule has 0 bridgehead atoms. The first-order valence-corrected chi connectivity index (χ1v) is 14.6. The van der Waals surface area contributed by atoms with Crippen LogP contribution in [-0.4, -0.2) is 15.0 Å². The molecule has 33 heavy (non-hydrogen) atoms. The van der Waals surface area contributed by atoms with Crippen molar-refractivity contribution in [3.63, 3.8) is 0 Å². The molecule has 3 nitrogen and oxygen atoms in total. The number of nitrogens with one attached hydrogen (secondary N) is 3. The Kier molecular flexibility index (Phi) is 4.77. The molecule has 0 saturated heterocycles. The number of hydrogen-bond donors (Lipinski definition) is 3. The molecule has 3 heterocycles. The molecule has 9 heteroatoms. The number of H-pyrrole nitrogens is 3. The maximum atomic E-state index is 3.72. The van der Waals surface area contributed by atoms with E-state index in [9.17, 15) is 0 Å². The van der Waals surface area contributed by atoms with Gasteiger partial charge in [-0.25, -0.2) is 0 Å². The van der Waals surface area contributed by atoms with Crippen LogP contribution >= 0.6 is 95.6 Å². The van der Waals surface area contributed by atoms with Gasteiger partial charge in [0, 0.05) is 75.7 Å². The maximum Gasteiger partial charge on any atom is 0.0588 e. The van der Waals surface area contributed by atoms with E-state index in [0.29, 0.717) is 0 Å². The van der Waals surface area contributed by atoms with Crippen molar-refractivity contribution in [2.45, 2.75) is 0 Å². The van der Waals surface area contributed by atoms with Crippen LogP contribution in [0.5, 0.6) is 0 Å². The highest BCUT2D eigenvalue weighted by Gasteiger charge is 2.22. The van der Waals surface area contributed by atoms with E-state index in [2.05, 4.69) is 147 Å². The molecule has 0 aliphatic carbocycles. The van der Waals surface area contributed by atoms with Gasteiger partial charge in [0.15, 0.2) is 0 Å². The SMILES string of the molecule is Brc1cc2[nH]c3c(c2cc1Br)c1[nH]c2cc(Br)c(Br)cc2c1c1[nH]c2cc(Br)c(Br)cc2c31. The number of hydrogen-bond acceptors (Lipinski definition) is 0. The van der Waals surface area contributed by atoms with Gasteiger partial charge in [0.1, 0.15) is 0 Å². The summed E-state index contributed by atoms with van der Waals surface area (Å²) in [6.07, 6.45) is 0. The van der Waals surface area contributed by atoms with Crippen LogP contribution in [0.1, 0.15) is 0 Å². The van der Waals surface area contributed by atoms with Crippen molar-refractivity contribution in [3.05, 3.63) is 63.2 Å². The predicted molar refractivity (Wildman–Crippen MR) is 161 cm³/mol. The summed E-state index contributed by atoms with van der Waals surface area (Å²) in [5, 5.41) is 7.06. The highest BCUT2D eigenvalue weighted by atomic mass is 79.9. The average molecular weight is 819 g/mol. The molecule has 162 valence electrons. The first-order valence-electron chi connectivity index (χ1n) is 9.85. The smallest absolute Gasteiger partial charge is 0.0588 e. The van der Waals surface area contributed by atoms with Crippen LogP contribution in [0.4, 0.5) is 0 Å². The highest BCUT2D eigenvalue weighted by molar-refractivity contribution is 9.13. The molecule has 0 aliphatic heterocycles. The van der Waals surface area contributed by atoms with E-state index in [1.165, 1.54) is 32.3 Å². The van der Waals surface area contributed by atoms with E-state index in [4.69, 9.17) is 0 Å². The van der Waals surface area contributed by atoms with Crippen molar-refractivity contribution in [3.8, 4) is 0 Å². The molecule has 4 aromatic carbocycles. The van der Waals surface area contributed by atoms with Gasteiger partial charge in [-0.3, -0.25) is 0 Å². The second kappa shape index (κ2) is 7.34. The molecule has 7 rings (SSSR count). The van der Waals surface area contributed by atoms with Crippen LogP contribution in [0.2, 0.25) is 0 Å². The monoisotopic (exact) mass is 813 g/mol. The molecule has 3 aromatic heterocycles. The first kappa shape index (κ1) is 21.4. The summed E-state index contributed by atoms with van der Waals surface area (Å²) < 4.78 is 6.13. The maximum absolute atomic E-state index is 3.72. The second-order valence-corrected chi connectivity index (χ2v) is 13.2. The summed E-state index contributed by atoms with van der Waals surface area (Å²) in [5.41, 5.74) is 6.59. The minimum Gasteiger partial charge on any atom is -0.354 e. The molecule has 0 saturated carbocycles. The molecule has 0 spiro atoms. The van der Waals surface area contributed by atoms with E-state index in [-0.39, 0.29) is 0 Å². The number of rotatable bonds is 0. The number of benzene rings is 4. The van der Waals surface area contributed by atoms with Gasteiger partial charge in [0.25, 0.3) is 0 Å². The lowest BCUT2D eigenvalue weighted by Gasteiger charge is -2.02. The molecule has 3 N–H and O–H groups in total. The van der Waals surface area contributed by atoms with Gasteiger partial charge in [0.2, 0.25) is 0 Å². The van der Waals surface area contributed by atoms with E-state index in [1.807, 2.05) is 0 Å². The van der Waals surface area contributed by atoms with Gasteiger partial charge in [-0.2, -0.15) is 0 Å². The molecule has 7 aromatic rings. The molecule has 0 fully saturated rings. The number of aromatic nitrogens is 3. The van der Waals surface area contributed by atoms with Gasteiger partial charge in [-0.05, 0) is 132 Å². The fourth-order valence-electron chi connectivity index (χ4n) is 4.91. The van der Waals surface area contributed by atoms with Gasteiger partial charge < -0.3 is 15.0 Å². The highest BCUT2D eigenvalue weighted by Crippen LogP contribution is 2.47. The topological polar surface area (TPSA) is 47.4 Å². The third-order valence-corrected chi connectivity index (χ3v) is 11.8. The molecule has 0 unspecified atom stereocenters. The zero-order valence-corrected chi connectivity index (χ0v) is 25.7. The molecular formula is C24H9Br6N3. The Labute approximate surface area is 236 Å². The van der Waals surface area contributed by atoms with Gasteiger partial charge in [-0.1, -0.05) is 0 Å². The minimum atomic E-state index is 1.02. The van der Waals surface area contributed by atoms with Crippen molar-refractivity contribution < 1.29 is 0 Å². The Morgan fingerprint density at radius 1 is 0.364 bits per heavy atom. The molecule has 0 atom stereocenters. The Bertz CT molecular complexity index is 1730. The number of fused-ring (bicyclic) bond motifs is 12. The third-order valence-electron chi connectivity index (χ3n) is 6.27. The molecule has 0 radical (unpaired) electrons. The normalized spacial score (nSPS) is 12.5. The summed E-state index contributed by atoms with van der Waals surface area (Å²) in [4.78, 5) is 11.2. The average Bonchev–Trinajstić information content (AvgIpc) is 3.41. The fraction of sp³-hybridized carbons (Fsp3) is 0. The van der Waals surface area contributed by atoms with Gasteiger partial charge in [-0.15, -0.1) is 0 Å². The summed E-state index contributed by atoms with van der Waals surface area (Å²) in [5.74, 6) is 0. The van der Waals surface area contributed by atoms with Crippen LogP contribution in [0.15, 0.2) is 63.2 Å². The predicted octanol–water partition coefficient (Wildman–Crippen LogP) is 11.2. The zero-order chi connectivity index (χ0) is 22.8. The van der Waals surface area contributed by atoms with Gasteiger partial charge in [0.05, 0.1) is 16.6 Å². The lowest BCUT2D eigenvalue weighted by atomic mass is 10.0. The molecular weight excluding hydrogens is 810 g/mol. The molecule has 0 aliphatic rings. The van der Waals surface area contributed by atoms with Crippen molar-refractivity contribution in [2.75, 3.05) is 0 Å². The Hall–Kier alpha value is -0.840. The second-order valence-electron chi connectivity index (χ2n) is 8.06. The lowest BCUT2D eigenvalue weighted by molar-refractivity contribution is 1.53. The summed E-state index contributed by atoms with van der Waals surface area (Å²) >= 11 is 22.1. The minimum absolute atomic E-state index is 1.02. The number of aromatic amines is 3. The summed E-state index contributed by atoms with van der Waals surface area (Å²) in [6.45, 7) is 0. The van der Waals surface area contributed by atoms with Crippen LogP contribution in [-0.2, 0) is 0 Å². The van der Waals surface area contributed by atoms with Crippen LogP contribution in [0, 0.1) is 0 Å². The van der Waals surface area contributed by atoms with E-state index < -0.39 is 0 Å². The van der Waals surface area contributed by atoms with Crippen LogP contribution < -0.4 is 0 Å². The standard InChI is InChI=1S/C24H9Br6N3/c25-10-1-7-16(4-13(10)28)31-22-19(7)23-21(8-2-11(26)14(29)5-17(8)32-23)24-20(22)9-3-12(27)15(30)6-18(9)33-24/h1-6,31-33H. The van der Waals surface area contributed by atoms with Crippen LogP contribution in [0.25, 0.3) is 65.4 Å². The Morgan fingerprint density at radius 3 is 0.879 bits per heavy atom. The van der Waals surface area contributed by atoms with E-state index >= 15 is 0 Å². The van der Waals surface area contributed by atoms with Crippen molar-refractivity contribution in [2.24, 2.45) is 0 Å². The van der Waals surface area contributed by atoms with E-state index in [1.54, 1.807) is 0 Å². The summed E-state index contributed by atoms with van der Waals surface area (Å²) in [7, 11) is 0. The van der Waals surface area contributed by atoms with E-state index in [0.717, 1.165) is 59.9 Å². The first-order chi connectivity index (χ1) is 15.8. The van der Waals surface area contributed by atoms with Gasteiger partial charge >= 0.3 is 0 Å². The zero-order valence-electron chi connectivity index (χ0n) is 16.2. The van der Waals surface area contributed by atoms with Crippen LogP contribution in [0.3, 0.4) is 0 Å². The van der Waals surface area contributed by atoms with Crippen molar-refractivity contribution >= 4 is 161 Å². The quantitative estimate of drug-likeness (QED) is 0.137. The van der Waals surface area contributed by atoms with Crippen molar-refractivity contribution in [1.29, 1.82) is 0 Å². The fourth-order valence-corrected chi connectivity index (χ4v) is 6.97. The largest absolute Gasteiger partial charge is 0.354 e. The Balaban J connectivity index is 1.87. The lowest BCUT2D eigenvalue weighted by Crippen LogP contribution is -1.78. The third kappa shape index (κ3) is 2.93. The van der Waals surface area contributed by atoms with Crippen molar-refractivity contribution in [1.82, 2.24) is 15.0 Å².